The Morgan fingerprint density at radius 1 is 0.760 bits per heavy atom. The Morgan fingerprint density at radius 3 is 1.96 bits per heavy atom. The SMILES string of the molecule is CC1=NN(c2ccccc2)[C@H](c2ccccc2)[C@H]1Cc1ccccc1. The van der Waals surface area contributed by atoms with Crippen LogP contribution in [0.15, 0.2) is 96.1 Å². The molecule has 3 aromatic carbocycles. The van der Waals surface area contributed by atoms with E-state index in [0.717, 1.165) is 12.1 Å². The molecule has 25 heavy (non-hydrogen) atoms. The summed E-state index contributed by atoms with van der Waals surface area (Å²) in [6.45, 7) is 2.16. The quantitative estimate of drug-likeness (QED) is 0.619. The van der Waals surface area contributed by atoms with Crippen molar-refractivity contribution in [2.24, 2.45) is 11.0 Å². The largest absolute Gasteiger partial charge is 0.257 e. The summed E-state index contributed by atoms with van der Waals surface area (Å²) < 4.78 is 0. The standard InChI is InChI=1S/C23H22N2/c1-18-22(17-19-11-5-2-6-12-19)23(20-13-7-3-8-14-20)25(24-18)21-15-9-4-10-16-21/h2-16,22-23H,17H2,1H3/t22-,23+/m0/s1. The molecule has 2 atom stereocenters. The van der Waals surface area contributed by atoms with Gasteiger partial charge < -0.3 is 0 Å². The second-order valence-corrected chi connectivity index (χ2v) is 6.57. The Balaban J connectivity index is 1.73. The maximum Gasteiger partial charge on any atom is 0.0859 e. The molecule has 0 bridgehead atoms. The average Bonchev–Trinajstić information content (AvgIpc) is 3.00. The second kappa shape index (κ2) is 6.94. The van der Waals surface area contributed by atoms with Gasteiger partial charge in [0.05, 0.1) is 11.7 Å². The second-order valence-electron chi connectivity index (χ2n) is 6.57. The van der Waals surface area contributed by atoms with Crippen molar-refractivity contribution < 1.29 is 0 Å². The molecule has 4 rings (SSSR count). The Kier molecular flexibility index (Phi) is 4.34. The van der Waals surface area contributed by atoms with Crippen molar-refractivity contribution >= 4 is 11.4 Å². The molecule has 1 aliphatic heterocycles. The van der Waals surface area contributed by atoms with Gasteiger partial charge in [-0.3, -0.25) is 5.01 Å². The normalized spacial score (nSPS) is 19.7. The van der Waals surface area contributed by atoms with Gasteiger partial charge in [-0.15, -0.1) is 0 Å². The third kappa shape index (κ3) is 3.20. The maximum atomic E-state index is 4.94. The smallest absolute Gasteiger partial charge is 0.0859 e. The van der Waals surface area contributed by atoms with Crippen molar-refractivity contribution in [1.29, 1.82) is 0 Å². The predicted octanol–water partition coefficient (Wildman–Crippen LogP) is 5.48. The molecule has 2 nitrogen and oxygen atoms in total. The monoisotopic (exact) mass is 326 g/mol. The van der Waals surface area contributed by atoms with Crippen LogP contribution < -0.4 is 5.01 Å². The van der Waals surface area contributed by atoms with Crippen LogP contribution in [0.25, 0.3) is 0 Å². The minimum absolute atomic E-state index is 0.226. The molecule has 1 heterocycles. The molecule has 0 fully saturated rings. The van der Waals surface area contributed by atoms with Gasteiger partial charge in [-0.25, -0.2) is 0 Å². The Bertz CT molecular complexity index is 841. The molecular weight excluding hydrogens is 304 g/mol. The van der Waals surface area contributed by atoms with Gasteiger partial charge in [0, 0.05) is 11.6 Å². The molecule has 3 aromatic rings. The summed E-state index contributed by atoms with van der Waals surface area (Å²) in [5.74, 6) is 0.366. The summed E-state index contributed by atoms with van der Waals surface area (Å²) in [7, 11) is 0. The maximum absolute atomic E-state index is 4.94. The van der Waals surface area contributed by atoms with E-state index in [1.807, 2.05) is 0 Å². The molecule has 0 radical (unpaired) electrons. The minimum atomic E-state index is 0.226. The van der Waals surface area contributed by atoms with Crippen molar-refractivity contribution in [2.45, 2.75) is 19.4 Å². The van der Waals surface area contributed by atoms with Crippen LogP contribution in [0, 0.1) is 5.92 Å². The lowest BCUT2D eigenvalue weighted by Crippen LogP contribution is -2.26. The highest BCUT2D eigenvalue weighted by Crippen LogP contribution is 2.40. The molecule has 0 unspecified atom stereocenters. The topological polar surface area (TPSA) is 15.6 Å². The highest BCUT2D eigenvalue weighted by Gasteiger charge is 2.36. The number of anilines is 1. The van der Waals surface area contributed by atoms with E-state index in [0.29, 0.717) is 5.92 Å². The zero-order chi connectivity index (χ0) is 17.1. The molecule has 0 saturated heterocycles. The fourth-order valence-electron chi connectivity index (χ4n) is 3.66. The third-order valence-electron chi connectivity index (χ3n) is 4.91. The van der Waals surface area contributed by atoms with Crippen LogP contribution in [-0.4, -0.2) is 5.71 Å². The highest BCUT2D eigenvalue weighted by molar-refractivity contribution is 5.89. The first-order valence-corrected chi connectivity index (χ1v) is 8.81. The van der Waals surface area contributed by atoms with E-state index in [1.54, 1.807) is 0 Å². The van der Waals surface area contributed by atoms with Crippen molar-refractivity contribution in [3.05, 3.63) is 102 Å². The molecule has 124 valence electrons. The van der Waals surface area contributed by atoms with Crippen molar-refractivity contribution in [3.63, 3.8) is 0 Å². The van der Waals surface area contributed by atoms with Crippen LogP contribution in [0.4, 0.5) is 5.69 Å². The predicted molar refractivity (Wildman–Crippen MR) is 105 cm³/mol. The Morgan fingerprint density at radius 2 is 1.32 bits per heavy atom. The molecule has 0 amide bonds. The van der Waals surface area contributed by atoms with Gasteiger partial charge in [-0.05, 0) is 36.6 Å². The summed E-state index contributed by atoms with van der Waals surface area (Å²) in [5, 5.41) is 7.14. The summed E-state index contributed by atoms with van der Waals surface area (Å²) in [6, 6.07) is 32.2. The Hall–Kier alpha value is -2.87. The third-order valence-corrected chi connectivity index (χ3v) is 4.91. The van der Waals surface area contributed by atoms with Gasteiger partial charge in [0.2, 0.25) is 0 Å². The molecule has 0 saturated carbocycles. The van der Waals surface area contributed by atoms with E-state index in [1.165, 1.54) is 16.8 Å². The van der Waals surface area contributed by atoms with Crippen molar-refractivity contribution in [1.82, 2.24) is 0 Å². The first kappa shape index (κ1) is 15.6. The van der Waals surface area contributed by atoms with E-state index in [-0.39, 0.29) is 6.04 Å². The summed E-state index contributed by atoms with van der Waals surface area (Å²) in [6.07, 6.45) is 0.999. The molecule has 0 aliphatic carbocycles. The van der Waals surface area contributed by atoms with Crippen LogP contribution in [0.1, 0.15) is 24.1 Å². The summed E-state index contributed by atoms with van der Waals surface area (Å²) >= 11 is 0. The van der Waals surface area contributed by atoms with Gasteiger partial charge in [-0.1, -0.05) is 78.9 Å². The lowest BCUT2D eigenvalue weighted by Gasteiger charge is -2.28. The van der Waals surface area contributed by atoms with Crippen LogP contribution in [0.5, 0.6) is 0 Å². The lowest BCUT2D eigenvalue weighted by atomic mass is 9.85. The van der Waals surface area contributed by atoms with Gasteiger partial charge in [0.25, 0.3) is 0 Å². The van der Waals surface area contributed by atoms with Crippen molar-refractivity contribution in [3.8, 4) is 0 Å². The number of hydrazone groups is 1. The summed E-state index contributed by atoms with van der Waals surface area (Å²) in [5.41, 5.74) is 5.01. The number of hydrogen-bond acceptors (Lipinski definition) is 2. The van der Waals surface area contributed by atoms with Crippen LogP contribution in [-0.2, 0) is 6.42 Å². The number of benzene rings is 3. The number of hydrogen-bond donors (Lipinski definition) is 0. The van der Waals surface area contributed by atoms with E-state index in [4.69, 9.17) is 5.10 Å². The lowest BCUT2D eigenvalue weighted by molar-refractivity contribution is 0.546. The average molecular weight is 326 g/mol. The molecular formula is C23H22N2. The highest BCUT2D eigenvalue weighted by atomic mass is 15.5. The molecule has 0 N–H and O–H groups in total. The number of para-hydroxylation sites is 1. The van der Waals surface area contributed by atoms with E-state index < -0.39 is 0 Å². The first-order valence-electron chi connectivity index (χ1n) is 8.81. The van der Waals surface area contributed by atoms with Gasteiger partial charge in [0.1, 0.15) is 0 Å². The molecule has 0 spiro atoms. The minimum Gasteiger partial charge on any atom is -0.257 e. The van der Waals surface area contributed by atoms with Crippen LogP contribution in [0.2, 0.25) is 0 Å². The fourth-order valence-corrected chi connectivity index (χ4v) is 3.66. The zero-order valence-electron chi connectivity index (χ0n) is 14.4. The molecule has 2 heteroatoms. The van der Waals surface area contributed by atoms with Gasteiger partial charge in [0.15, 0.2) is 0 Å². The number of rotatable bonds is 4. The van der Waals surface area contributed by atoms with Gasteiger partial charge >= 0.3 is 0 Å². The van der Waals surface area contributed by atoms with Crippen LogP contribution >= 0.6 is 0 Å². The fraction of sp³-hybridized carbons (Fsp3) is 0.174. The van der Waals surface area contributed by atoms with E-state index in [9.17, 15) is 0 Å². The summed E-state index contributed by atoms with van der Waals surface area (Å²) in [4.78, 5) is 0. The molecule has 1 aliphatic rings. The van der Waals surface area contributed by atoms with Gasteiger partial charge in [-0.2, -0.15) is 5.10 Å². The van der Waals surface area contributed by atoms with E-state index >= 15 is 0 Å². The number of nitrogens with zero attached hydrogens (tertiary/aromatic N) is 2. The van der Waals surface area contributed by atoms with E-state index in [2.05, 4.69) is 103 Å². The first-order chi connectivity index (χ1) is 12.3. The Labute approximate surface area is 149 Å². The van der Waals surface area contributed by atoms with Crippen molar-refractivity contribution in [2.75, 3.05) is 5.01 Å². The molecule has 0 aromatic heterocycles. The zero-order valence-corrected chi connectivity index (χ0v) is 14.4. The van der Waals surface area contributed by atoms with Crippen LogP contribution in [0.3, 0.4) is 0 Å².